The number of carbonyl (C=O) groups excluding carboxylic acids is 8. The summed E-state index contributed by atoms with van der Waals surface area (Å²) < 4.78 is 40.7. The van der Waals surface area contributed by atoms with Crippen molar-refractivity contribution in [1.82, 2.24) is 35.3 Å². The summed E-state index contributed by atoms with van der Waals surface area (Å²) in [5.74, 6) is -5.80. The van der Waals surface area contributed by atoms with Crippen molar-refractivity contribution in [3.05, 3.63) is 63.5 Å². The second-order valence-electron chi connectivity index (χ2n) is 19.9. The Morgan fingerprint density at radius 3 is 2.25 bits per heavy atom. The smallest absolute Gasteiger partial charge is 0.355 e. The van der Waals surface area contributed by atoms with Crippen molar-refractivity contribution in [2.24, 2.45) is 5.92 Å². The van der Waals surface area contributed by atoms with E-state index in [1.54, 1.807) is 32.9 Å². The van der Waals surface area contributed by atoms with Gasteiger partial charge < -0.3 is 63.7 Å². The van der Waals surface area contributed by atoms with E-state index in [-0.39, 0.29) is 114 Å². The van der Waals surface area contributed by atoms with Gasteiger partial charge in [-0.15, -0.1) is 0 Å². The lowest BCUT2D eigenvalue weighted by molar-refractivity contribution is -0.191. The van der Waals surface area contributed by atoms with Crippen molar-refractivity contribution in [3.8, 4) is 22.9 Å². The molecule has 25 nitrogen and oxygen atoms in total. The molecule has 0 saturated carbocycles. The van der Waals surface area contributed by atoms with Crippen LogP contribution in [0.3, 0.4) is 0 Å². The number of cyclic esters (lactones) is 1. The molecule has 1 aromatic carbocycles. The van der Waals surface area contributed by atoms with Crippen LogP contribution in [0.1, 0.15) is 95.2 Å². The zero-order valence-electron chi connectivity index (χ0n) is 44.3. The van der Waals surface area contributed by atoms with Gasteiger partial charge in [0.25, 0.3) is 17.4 Å². The van der Waals surface area contributed by atoms with Gasteiger partial charge in [0, 0.05) is 67.2 Å². The molecule has 0 unspecified atom stereocenters. The number of amides is 6. The average molecular weight is 1100 g/mol. The highest BCUT2D eigenvalue weighted by atomic mass is 16.7. The summed E-state index contributed by atoms with van der Waals surface area (Å²) in [7, 11) is 0. The Bertz CT molecular complexity index is 2960. The molecule has 4 N–H and O–H groups in total. The third-order valence-corrected chi connectivity index (χ3v) is 14.3. The minimum absolute atomic E-state index is 0.0557. The summed E-state index contributed by atoms with van der Waals surface area (Å²) >= 11 is 0. The van der Waals surface area contributed by atoms with Crippen LogP contribution in [0.25, 0.3) is 22.3 Å². The minimum atomic E-state index is -2.09. The largest absolute Gasteiger partial charge is 0.481 e. The number of benzene rings is 1. The first-order chi connectivity index (χ1) is 38.0. The van der Waals surface area contributed by atoms with Gasteiger partial charge in [0.15, 0.2) is 11.5 Å². The fourth-order valence-corrected chi connectivity index (χ4v) is 10.1. The lowest BCUT2D eigenvalue weighted by Crippen LogP contribution is -2.57. The number of nitrogens with zero attached hydrogens (tertiary/aromatic N) is 4. The Balaban J connectivity index is 0.779. The molecule has 4 atom stereocenters. The maximum atomic E-state index is 14.3. The Kier molecular flexibility index (Phi) is 18.7. The predicted octanol–water partition coefficient (Wildman–Crippen LogP) is 1.49. The maximum Gasteiger partial charge on any atom is 0.355 e. The molecule has 1 fully saturated rings. The standard InChI is InChI=1S/C54H65N7O18/c1-4-54(35-25-39-48-33(28-61(39)50(69)34(35)29-76-53(54)72)23-32-24-40-41(78-30-77-40)26-36(32)57-48)79-52(71)47(31(2)3)58-49(68)38-9-8-16-59(38)51(70)37(27-46(66)67)56-43(63)13-17-73-19-21-75-22-20-74-18-14-55-42(62)10-6-5-7-15-60-44(64)11-12-45(60)65/h11-12,23-26,31,37-38,47H,4-10,13-22,27-30H2,1-3H3,(H,55,62)(H,56,63)(H,58,68)(H,66,67)/t37-,38-,47-,54-/m0/s1. The van der Waals surface area contributed by atoms with E-state index in [9.17, 15) is 53.1 Å². The Morgan fingerprint density at radius 1 is 0.835 bits per heavy atom. The number of ether oxygens (including phenoxy) is 7. The molecule has 0 bridgehead atoms. The van der Waals surface area contributed by atoms with Crippen LogP contribution in [0.2, 0.25) is 0 Å². The Morgan fingerprint density at radius 2 is 1.54 bits per heavy atom. The lowest BCUT2D eigenvalue weighted by atomic mass is 9.85. The number of carboxylic acids is 1. The van der Waals surface area contributed by atoms with Crippen LogP contribution in [-0.4, -0.2) is 162 Å². The molecule has 3 aromatic rings. The maximum absolute atomic E-state index is 14.3. The SMILES string of the molecule is CC[C@@]1(OC(=O)[C@@H](NC(=O)[C@@H]2CCCN2C(=O)[C@H](CC(=O)O)NC(=O)CCOCCOCCOCCNC(=O)CCCCCN2C(=O)C=CC2=O)C(C)C)C(=O)OCc2c1cc1n(c2=O)Cc2cc3cc4c(cc3nc2-1)OCO4. The highest BCUT2D eigenvalue weighted by Crippen LogP contribution is 2.43. The van der Waals surface area contributed by atoms with Crippen LogP contribution in [-0.2, 0) is 85.6 Å². The molecule has 7 heterocycles. The van der Waals surface area contributed by atoms with Crippen LogP contribution < -0.4 is 31.0 Å². The first kappa shape index (κ1) is 57.4. The fourth-order valence-electron chi connectivity index (χ4n) is 10.1. The average Bonchev–Trinajstić information content (AvgIpc) is 4.25. The van der Waals surface area contributed by atoms with Gasteiger partial charge in [-0.25, -0.2) is 14.6 Å². The van der Waals surface area contributed by atoms with Gasteiger partial charge in [0.2, 0.25) is 36.0 Å². The van der Waals surface area contributed by atoms with Crippen molar-refractivity contribution in [2.45, 2.75) is 115 Å². The number of nitrogens with one attached hydrogen (secondary N) is 3. The molecule has 0 radical (unpaired) electrons. The molecule has 6 amide bonds. The fraction of sp³-hybridized carbons (Fsp3) is 0.537. The molecular weight excluding hydrogens is 1030 g/mol. The molecule has 2 aromatic heterocycles. The van der Waals surface area contributed by atoms with Gasteiger partial charge in [-0.2, -0.15) is 0 Å². The van der Waals surface area contributed by atoms with Gasteiger partial charge >= 0.3 is 17.9 Å². The number of carboxylic acid groups (broad SMARTS) is 1. The number of hydrogen-bond donors (Lipinski definition) is 4. The highest BCUT2D eigenvalue weighted by molar-refractivity contribution is 6.12. The molecule has 424 valence electrons. The predicted molar refractivity (Wildman–Crippen MR) is 275 cm³/mol. The van der Waals surface area contributed by atoms with E-state index >= 15 is 0 Å². The van der Waals surface area contributed by atoms with Crippen LogP contribution in [0, 0.1) is 5.92 Å². The Labute approximate surface area is 453 Å². The van der Waals surface area contributed by atoms with E-state index in [0.717, 1.165) is 10.9 Å². The van der Waals surface area contributed by atoms with Crippen LogP contribution in [0.5, 0.6) is 11.5 Å². The van der Waals surface area contributed by atoms with Crippen molar-refractivity contribution >= 4 is 64.3 Å². The number of imide groups is 1. The molecule has 8 rings (SSSR count). The lowest BCUT2D eigenvalue weighted by Gasteiger charge is -2.37. The number of aromatic nitrogens is 2. The molecule has 0 spiro atoms. The topological polar surface area (TPSA) is 316 Å². The quantitative estimate of drug-likeness (QED) is 0.0356. The molecule has 25 heteroatoms. The van der Waals surface area contributed by atoms with E-state index in [1.165, 1.54) is 26.5 Å². The van der Waals surface area contributed by atoms with Crippen molar-refractivity contribution < 1.29 is 81.4 Å². The molecule has 79 heavy (non-hydrogen) atoms. The molecule has 1 saturated heterocycles. The minimum Gasteiger partial charge on any atom is -0.481 e. The van der Waals surface area contributed by atoms with Crippen molar-refractivity contribution in [2.75, 3.05) is 66.1 Å². The summed E-state index contributed by atoms with van der Waals surface area (Å²) in [5, 5.41) is 18.4. The van der Waals surface area contributed by atoms with Crippen molar-refractivity contribution in [3.63, 3.8) is 0 Å². The first-order valence-corrected chi connectivity index (χ1v) is 26.6. The second-order valence-corrected chi connectivity index (χ2v) is 19.9. The second kappa shape index (κ2) is 25.8. The summed E-state index contributed by atoms with van der Waals surface area (Å²) in [4.78, 5) is 138. The number of esters is 2. The molecule has 5 aliphatic rings. The van der Waals surface area contributed by atoms with E-state index in [1.807, 2.05) is 12.1 Å². The van der Waals surface area contributed by atoms with E-state index < -0.39 is 77.3 Å². The number of fused-ring (bicyclic) bond motifs is 6. The molecular formula is C54H65N7O18. The van der Waals surface area contributed by atoms with Gasteiger partial charge in [0.05, 0.1) is 75.1 Å². The van der Waals surface area contributed by atoms with E-state index in [0.29, 0.717) is 73.6 Å². The number of likely N-dealkylation sites (tertiary alicyclic amines) is 1. The number of aliphatic carboxylic acids is 1. The summed E-state index contributed by atoms with van der Waals surface area (Å²) in [6.07, 6.45) is 4.10. The normalized spacial score (nSPS) is 18.5. The Hall–Kier alpha value is -7.77. The molecule has 0 aliphatic carbocycles. The van der Waals surface area contributed by atoms with Crippen LogP contribution in [0.15, 0.2) is 41.2 Å². The highest BCUT2D eigenvalue weighted by Gasteiger charge is 2.52. The van der Waals surface area contributed by atoms with Crippen LogP contribution >= 0.6 is 0 Å². The van der Waals surface area contributed by atoms with Gasteiger partial charge in [-0.1, -0.05) is 27.2 Å². The van der Waals surface area contributed by atoms with E-state index in [4.69, 9.17) is 38.1 Å². The number of carbonyl (C=O) groups is 9. The van der Waals surface area contributed by atoms with Gasteiger partial charge in [0.1, 0.15) is 24.7 Å². The number of pyridine rings is 2. The zero-order chi connectivity index (χ0) is 56.4. The van der Waals surface area contributed by atoms with E-state index in [2.05, 4.69) is 16.0 Å². The van der Waals surface area contributed by atoms with Crippen molar-refractivity contribution in [1.29, 1.82) is 0 Å². The molecule has 5 aliphatic heterocycles. The third-order valence-electron chi connectivity index (χ3n) is 14.3. The number of rotatable bonds is 28. The first-order valence-electron chi connectivity index (χ1n) is 26.6. The summed E-state index contributed by atoms with van der Waals surface area (Å²) in [5.41, 5.74) is -0.0645. The monoisotopic (exact) mass is 1100 g/mol. The van der Waals surface area contributed by atoms with Gasteiger partial charge in [-0.3, -0.25) is 43.3 Å². The number of hydrogen-bond acceptors (Lipinski definition) is 18. The summed E-state index contributed by atoms with van der Waals surface area (Å²) in [6, 6.07) is 3.04. The van der Waals surface area contributed by atoms with Crippen LogP contribution in [0.4, 0.5) is 0 Å². The summed E-state index contributed by atoms with van der Waals surface area (Å²) in [6.45, 7) is 6.48. The number of unbranched alkanes of at least 4 members (excludes halogenated alkanes) is 2. The third kappa shape index (κ3) is 13.2. The zero-order valence-corrected chi connectivity index (χ0v) is 44.3. The van der Waals surface area contributed by atoms with Gasteiger partial charge in [-0.05, 0) is 56.2 Å².